The van der Waals surface area contributed by atoms with E-state index in [0.717, 1.165) is 29.7 Å². The van der Waals surface area contributed by atoms with Crippen LogP contribution >= 0.6 is 0 Å². The zero-order valence-electron chi connectivity index (χ0n) is 21.9. The molecule has 2 rings (SSSR count). The first kappa shape index (κ1) is 27.9. The molecule has 0 amide bonds. The number of quaternary nitrogens is 1. The van der Waals surface area contributed by atoms with E-state index in [4.69, 9.17) is 9.47 Å². The lowest BCUT2D eigenvalue weighted by molar-refractivity contribution is -0.903. The van der Waals surface area contributed by atoms with Crippen LogP contribution in [0.1, 0.15) is 76.3 Å². The van der Waals surface area contributed by atoms with E-state index in [-0.39, 0.29) is 18.7 Å². The van der Waals surface area contributed by atoms with Crippen LogP contribution in [-0.4, -0.2) is 43.8 Å². The molecule has 2 aromatic carbocycles. The highest BCUT2D eigenvalue weighted by atomic mass is 16.6. The zero-order chi connectivity index (χ0) is 24.7. The van der Waals surface area contributed by atoms with Crippen LogP contribution in [0.2, 0.25) is 0 Å². The van der Waals surface area contributed by atoms with Crippen molar-refractivity contribution in [3.63, 3.8) is 0 Å². The highest BCUT2D eigenvalue weighted by molar-refractivity contribution is 5.69. The van der Waals surface area contributed by atoms with Crippen molar-refractivity contribution in [3.8, 4) is 5.75 Å². The number of hydrogen-bond acceptors (Lipinski definition) is 3. The van der Waals surface area contributed by atoms with Crippen LogP contribution in [0, 0.1) is 0 Å². The Hall–Kier alpha value is -2.33. The Morgan fingerprint density at radius 2 is 1.50 bits per heavy atom. The Kier molecular flexibility index (Phi) is 12.8. The molecule has 1 atom stereocenters. The first-order valence-corrected chi connectivity index (χ1v) is 13.1. The number of hydrogen-bond donors (Lipinski definition) is 0. The van der Waals surface area contributed by atoms with Crippen molar-refractivity contribution in [2.45, 2.75) is 84.3 Å². The van der Waals surface area contributed by atoms with Gasteiger partial charge in [-0.15, -0.1) is 0 Å². The maximum atomic E-state index is 12.3. The van der Waals surface area contributed by atoms with Gasteiger partial charge >= 0.3 is 5.97 Å². The highest BCUT2D eigenvalue weighted by Crippen LogP contribution is 2.17. The van der Waals surface area contributed by atoms with Gasteiger partial charge in [0.2, 0.25) is 0 Å². The Morgan fingerprint density at radius 1 is 0.853 bits per heavy atom. The van der Waals surface area contributed by atoms with Crippen LogP contribution in [0.25, 0.3) is 0 Å². The molecule has 0 saturated carbocycles. The number of esters is 1. The number of rotatable bonds is 17. The normalized spacial score (nSPS) is 12.4. The van der Waals surface area contributed by atoms with Crippen LogP contribution in [0.4, 0.5) is 0 Å². The first-order valence-electron chi connectivity index (χ1n) is 13.1. The number of benzene rings is 2. The first-order chi connectivity index (χ1) is 16.4. The number of ether oxygens (including phenoxy) is 2. The van der Waals surface area contributed by atoms with Gasteiger partial charge in [0.1, 0.15) is 25.0 Å². The lowest BCUT2D eigenvalue weighted by Crippen LogP contribution is -2.40. The molecule has 4 heteroatoms. The molecule has 0 radical (unpaired) electrons. The molecule has 0 fully saturated rings. The fraction of sp³-hybridized carbons (Fsp3) is 0.567. The van der Waals surface area contributed by atoms with Crippen LogP contribution < -0.4 is 4.74 Å². The minimum atomic E-state index is -0.176. The van der Waals surface area contributed by atoms with Gasteiger partial charge in [0, 0.05) is 5.56 Å². The van der Waals surface area contributed by atoms with Crippen LogP contribution in [0.15, 0.2) is 54.6 Å². The van der Waals surface area contributed by atoms with E-state index in [1.165, 1.54) is 56.1 Å². The van der Waals surface area contributed by atoms with E-state index in [0.29, 0.717) is 6.42 Å². The number of unbranched alkanes of at least 4 members (excludes halogenated alkanes) is 6. The van der Waals surface area contributed by atoms with Gasteiger partial charge in [-0.2, -0.15) is 0 Å². The maximum absolute atomic E-state index is 12.3. The summed E-state index contributed by atoms with van der Waals surface area (Å²) in [6.07, 6.45) is 10.7. The van der Waals surface area contributed by atoms with E-state index < -0.39 is 0 Å². The third kappa shape index (κ3) is 12.2. The second-order valence-corrected chi connectivity index (χ2v) is 10.2. The molecule has 0 heterocycles. The van der Waals surface area contributed by atoms with Gasteiger partial charge in [-0.3, -0.25) is 4.79 Å². The molecule has 0 aliphatic carbocycles. The minimum Gasteiger partial charge on any atom is -0.487 e. The topological polar surface area (TPSA) is 35.5 Å². The van der Waals surface area contributed by atoms with Crippen molar-refractivity contribution in [2.24, 2.45) is 0 Å². The smallest absolute Gasteiger partial charge is 0.311 e. The Labute approximate surface area is 207 Å². The summed E-state index contributed by atoms with van der Waals surface area (Å²) >= 11 is 0. The second kappa shape index (κ2) is 15.5. The second-order valence-electron chi connectivity index (χ2n) is 10.2. The van der Waals surface area contributed by atoms with Gasteiger partial charge < -0.3 is 14.0 Å². The van der Waals surface area contributed by atoms with Crippen molar-refractivity contribution in [1.82, 2.24) is 0 Å². The molecular weight excluding hydrogens is 422 g/mol. The summed E-state index contributed by atoms with van der Waals surface area (Å²) < 4.78 is 12.2. The summed E-state index contributed by atoms with van der Waals surface area (Å²) in [5.41, 5.74) is 2.63. The van der Waals surface area contributed by atoms with Gasteiger partial charge in [-0.25, -0.2) is 0 Å². The van der Waals surface area contributed by atoms with E-state index in [1.807, 2.05) is 25.1 Å². The average molecular weight is 469 g/mol. The van der Waals surface area contributed by atoms with E-state index in [9.17, 15) is 4.79 Å². The predicted octanol–water partition coefficient (Wildman–Crippen LogP) is 6.96. The molecule has 0 saturated heterocycles. The van der Waals surface area contributed by atoms with Crippen LogP contribution in [0.3, 0.4) is 0 Å². The minimum absolute atomic E-state index is 0.167. The Balaban J connectivity index is 1.60. The third-order valence-corrected chi connectivity index (χ3v) is 6.18. The van der Waals surface area contributed by atoms with Crippen molar-refractivity contribution < 1.29 is 18.8 Å². The highest BCUT2D eigenvalue weighted by Gasteiger charge is 2.19. The van der Waals surface area contributed by atoms with E-state index in [1.54, 1.807) is 0 Å². The Bertz CT molecular complexity index is 802. The monoisotopic (exact) mass is 468 g/mol. The fourth-order valence-electron chi connectivity index (χ4n) is 4.12. The molecule has 0 aliphatic heterocycles. The molecule has 4 nitrogen and oxygen atoms in total. The third-order valence-electron chi connectivity index (χ3n) is 6.18. The quantitative estimate of drug-likeness (QED) is 0.143. The van der Waals surface area contributed by atoms with Crippen LogP contribution in [0.5, 0.6) is 5.75 Å². The number of carbonyl (C=O) groups excluding carboxylic acids is 1. The summed E-state index contributed by atoms with van der Waals surface area (Å²) in [6.45, 7) is 6.10. The molecule has 34 heavy (non-hydrogen) atoms. The summed E-state index contributed by atoms with van der Waals surface area (Å²) in [5, 5.41) is 0. The lowest BCUT2D eigenvalue weighted by Gasteiger charge is -2.29. The van der Waals surface area contributed by atoms with Gasteiger partial charge in [0.05, 0.1) is 27.1 Å². The number of carbonyl (C=O) groups is 1. The molecular formula is C30H46NO3+. The standard InChI is InChI=1S/C30H46NO3/c1-5-6-7-8-9-10-12-15-27-18-20-29(21-19-27)34-26(2)25-33-30(32)22-23-31(3,4)24-28-16-13-11-14-17-28/h11,13-14,16-21,26H,5-10,12,15,22-25H2,1-4H3/q+1. The van der Waals surface area contributed by atoms with Crippen molar-refractivity contribution in [2.75, 3.05) is 27.2 Å². The predicted molar refractivity (Wildman–Crippen MR) is 141 cm³/mol. The zero-order valence-corrected chi connectivity index (χ0v) is 21.9. The van der Waals surface area contributed by atoms with E-state index in [2.05, 4.69) is 57.4 Å². The Morgan fingerprint density at radius 3 is 2.18 bits per heavy atom. The summed E-state index contributed by atoms with van der Waals surface area (Å²) in [5.74, 6) is 0.660. The molecule has 0 N–H and O–H groups in total. The van der Waals surface area contributed by atoms with Crippen molar-refractivity contribution in [1.29, 1.82) is 0 Å². The maximum Gasteiger partial charge on any atom is 0.311 e. The molecule has 0 spiro atoms. The summed E-state index contributed by atoms with van der Waals surface area (Å²) in [7, 11) is 4.28. The molecule has 1 unspecified atom stereocenters. The summed E-state index contributed by atoms with van der Waals surface area (Å²) in [6, 6.07) is 18.7. The van der Waals surface area contributed by atoms with Crippen molar-refractivity contribution >= 4 is 5.97 Å². The van der Waals surface area contributed by atoms with Gasteiger partial charge in [0.25, 0.3) is 0 Å². The molecule has 0 aromatic heterocycles. The van der Waals surface area contributed by atoms with Gasteiger partial charge in [0.15, 0.2) is 0 Å². The fourth-order valence-corrected chi connectivity index (χ4v) is 4.12. The number of aryl methyl sites for hydroxylation is 1. The van der Waals surface area contributed by atoms with E-state index >= 15 is 0 Å². The molecule has 0 aliphatic rings. The van der Waals surface area contributed by atoms with Crippen molar-refractivity contribution in [3.05, 3.63) is 65.7 Å². The summed E-state index contributed by atoms with van der Waals surface area (Å²) in [4.78, 5) is 12.3. The largest absolute Gasteiger partial charge is 0.487 e. The number of nitrogens with zero attached hydrogens (tertiary/aromatic N) is 1. The molecule has 188 valence electrons. The molecule has 0 bridgehead atoms. The van der Waals surface area contributed by atoms with Crippen LogP contribution in [-0.2, 0) is 22.5 Å². The molecule has 2 aromatic rings. The SMILES string of the molecule is CCCCCCCCCc1ccc(OC(C)COC(=O)CC[N+](C)(C)Cc2ccccc2)cc1. The average Bonchev–Trinajstić information content (AvgIpc) is 2.82. The lowest BCUT2D eigenvalue weighted by atomic mass is 10.0. The van der Waals surface area contributed by atoms with Gasteiger partial charge in [-0.05, 0) is 37.5 Å². The van der Waals surface area contributed by atoms with Gasteiger partial charge in [-0.1, -0.05) is 87.9 Å².